The Labute approximate surface area is 231 Å². The molecule has 14 nitrogen and oxygen atoms in total. The van der Waals surface area contributed by atoms with E-state index in [9.17, 15) is 19.2 Å². The lowest BCUT2D eigenvalue weighted by Gasteiger charge is -2.28. The van der Waals surface area contributed by atoms with Crippen LogP contribution in [-0.2, 0) is 9.59 Å². The normalized spacial score (nSPS) is 11.5. The van der Waals surface area contributed by atoms with Crippen LogP contribution in [0.4, 0.5) is 11.6 Å². The molecule has 210 valence electrons. The van der Waals surface area contributed by atoms with E-state index in [1.54, 1.807) is 26.0 Å². The summed E-state index contributed by atoms with van der Waals surface area (Å²) in [4.78, 5) is 55.0. The van der Waals surface area contributed by atoms with Gasteiger partial charge in [0.25, 0.3) is 17.7 Å². The van der Waals surface area contributed by atoms with Crippen LogP contribution in [0.3, 0.4) is 0 Å². The summed E-state index contributed by atoms with van der Waals surface area (Å²) in [6.07, 6.45) is 5.81. The Hall–Kier alpha value is -4.08. The lowest BCUT2D eigenvalue weighted by molar-refractivity contribution is -0.115. The van der Waals surface area contributed by atoms with Crippen LogP contribution in [0.15, 0.2) is 41.8 Å². The van der Waals surface area contributed by atoms with Crippen molar-refractivity contribution in [3.05, 3.63) is 47.8 Å². The van der Waals surface area contributed by atoms with Crippen LogP contribution in [0, 0.1) is 0 Å². The van der Waals surface area contributed by atoms with Crippen molar-refractivity contribution in [2.24, 2.45) is 5.10 Å². The molecular weight excluding hydrogens is 524 g/mol. The number of pyridine rings is 2. The second kappa shape index (κ2) is 14.8. The number of aromatic nitrogens is 2. The molecule has 0 atom stereocenters. The van der Waals surface area contributed by atoms with Gasteiger partial charge in [0, 0.05) is 12.4 Å². The molecule has 0 aromatic carbocycles. The number of nitrogens with zero attached hydrogens (tertiary/aromatic N) is 3. The van der Waals surface area contributed by atoms with Gasteiger partial charge < -0.3 is 20.9 Å². The molecule has 0 aliphatic rings. The molecule has 2 aromatic heterocycles. The highest BCUT2D eigenvalue weighted by molar-refractivity contribution is 7.81. The van der Waals surface area contributed by atoms with Crippen LogP contribution < -0.4 is 37.8 Å². The van der Waals surface area contributed by atoms with E-state index < -0.39 is 28.3 Å². The van der Waals surface area contributed by atoms with Crippen molar-refractivity contribution >= 4 is 54.5 Å². The van der Waals surface area contributed by atoms with Crippen molar-refractivity contribution in [3.8, 4) is 0 Å². The largest absolute Gasteiger partial charge is 0.337 e. The molecule has 3 amide bonds. The third-order valence-electron chi connectivity index (χ3n) is 5.25. The maximum atomic E-state index is 12.6. The van der Waals surface area contributed by atoms with Crippen LogP contribution in [0.1, 0.15) is 61.3 Å². The number of hydrogen-bond acceptors (Lipinski definition) is 12. The first-order valence-corrected chi connectivity index (χ1v) is 12.5. The number of hydrazone groups is 1. The Balaban J connectivity index is 1.83. The minimum atomic E-state index is -1.01. The maximum absolute atomic E-state index is 12.6. The van der Waals surface area contributed by atoms with Crippen LogP contribution in [0.2, 0.25) is 0 Å². The van der Waals surface area contributed by atoms with Crippen molar-refractivity contribution in [1.29, 1.82) is 0 Å². The van der Waals surface area contributed by atoms with E-state index in [1.807, 2.05) is 13.8 Å². The maximum Gasteiger partial charge on any atom is 0.267 e. The van der Waals surface area contributed by atoms with E-state index >= 15 is 0 Å². The van der Waals surface area contributed by atoms with Gasteiger partial charge in [0.05, 0.1) is 22.5 Å². The Morgan fingerprint density at radius 1 is 0.949 bits per heavy atom. The smallest absolute Gasteiger partial charge is 0.267 e. The summed E-state index contributed by atoms with van der Waals surface area (Å²) in [5, 5.41) is 9.37. The molecule has 7 N–H and O–H groups in total. The first kappa shape index (κ1) is 31.1. The third kappa shape index (κ3) is 10.7. The predicted octanol–water partition coefficient (Wildman–Crippen LogP) is 0.953. The number of nitrogens with one attached hydrogen (secondary N) is 7. The number of amides is 3. The summed E-state index contributed by atoms with van der Waals surface area (Å²) in [5.74, 6) is -0.533. The average Bonchev–Trinajstić information content (AvgIpc) is 2.92. The molecule has 2 rings (SSSR count). The summed E-state index contributed by atoms with van der Waals surface area (Å²) in [5.41, 5.74) is 12.8. The van der Waals surface area contributed by atoms with Crippen LogP contribution in [0.25, 0.3) is 0 Å². The van der Waals surface area contributed by atoms with Crippen LogP contribution in [-0.4, -0.2) is 57.3 Å². The van der Waals surface area contributed by atoms with Crippen molar-refractivity contribution in [2.75, 3.05) is 17.4 Å². The Morgan fingerprint density at radius 2 is 1.56 bits per heavy atom. The summed E-state index contributed by atoms with van der Waals surface area (Å²) in [7, 11) is 0. The van der Waals surface area contributed by atoms with Gasteiger partial charge in [-0.1, -0.05) is 13.8 Å². The van der Waals surface area contributed by atoms with E-state index in [4.69, 9.17) is 0 Å². The fourth-order valence-electron chi connectivity index (χ4n) is 2.90. The van der Waals surface area contributed by atoms with Crippen molar-refractivity contribution in [2.45, 2.75) is 51.1 Å². The minimum Gasteiger partial charge on any atom is -0.337 e. The van der Waals surface area contributed by atoms with Gasteiger partial charge in [-0.15, -0.1) is 0 Å². The standard InChI is InChI=1S/C24H34N10O4S/c1-5-24(39,6-2)29-20(36)15-28-32-19-10-8-17(14-26-19)22(38)33-34-23(3,4)30-21(37)16-7-9-18(25-13-16)31-27-11-12-35/h7-10,12-15,27,34,39H,5-6,11H2,1-4H3,(H,25,31)(H,26,32)(H,29,36)(H,30,37)(H,33,38)/b28-15+. The fraction of sp³-hybridized carbons (Fsp3) is 0.375. The number of anilines is 2. The fourth-order valence-corrected chi connectivity index (χ4v) is 3.01. The number of hydrogen-bond donors (Lipinski definition) is 8. The Kier molecular flexibility index (Phi) is 11.8. The van der Waals surface area contributed by atoms with Crippen LogP contribution in [0.5, 0.6) is 0 Å². The SMILES string of the molecule is CCC(S)(CC)NC(=O)/C=N/Nc1ccc(C(=O)NNC(C)(C)NC(=O)c2ccc(NNCC=O)nc2)cn1. The lowest BCUT2D eigenvalue weighted by Crippen LogP contribution is -2.60. The number of thiol groups is 1. The summed E-state index contributed by atoms with van der Waals surface area (Å²) < 4.78 is 0. The van der Waals surface area contributed by atoms with E-state index in [0.717, 1.165) is 6.21 Å². The van der Waals surface area contributed by atoms with Gasteiger partial charge in [0.1, 0.15) is 29.8 Å². The summed E-state index contributed by atoms with van der Waals surface area (Å²) in [6, 6.07) is 6.18. The second-order valence-electron chi connectivity index (χ2n) is 8.79. The van der Waals surface area contributed by atoms with Gasteiger partial charge >= 0.3 is 0 Å². The first-order chi connectivity index (χ1) is 18.5. The van der Waals surface area contributed by atoms with Gasteiger partial charge in [0.15, 0.2) is 0 Å². The zero-order valence-electron chi connectivity index (χ0n) is 22.2. The average molecular weight is 559 g/mol. The highest BCUT2D eigenvalue weighted by atomic mass is 32.1. The zero-order valence-corrected chi connectivity index (χ0v) is 23.1. The zero-order chi connectivity index (χ0) is 28.9. The van der Waals surface area contributed by atoms with Gasteiger partial charge in [0.2, 0.25) is 0 Å². The van der Waals surface area contributed by atoms with Gasteiger partial charge in [-0.05, 0) is 51.0 Å². The van der Waals surface area contributed by atoms with Gasteiger partial charge in [-0.3, -0.25) is 25.2 Å². The number of hydrazine groups is 2. The monoisotopic (exact) mass is 558 g/mol. The summed E-state index contributed by atoms with van der Waals surface area (Å²) in [6.45, 7) is 7.29. The van der Waals surface area contributed by atoms with Gasteiger partial charge in [-0.2, -0.15) is 17.7 Å². The topological polar surface area (TPSA) is 191 Å². The number of carbonyl (C=O) groups is 4. The number of aldehydes is 1. The predicted molar refractivity (Wildman–Crippen MR) is 151 cm³/mol. The first-order valence-electron chi connectivity index (χ1n) is 12.1. The lowest BCUT2D eigenvalue weighted by atomic mass is 10.1. The second-order valence-corrected chi connectivity index (χ2v) is 9.65. The molecule has 0 spiro atoms. The van der Waals surface area contributed by atoms with E-state index in [2.05, 4.69) is 65.5 Å². The summed E-state index contributed by atoms with van der Waals surface area (Å²) >= 11 is 4.46. The minimum absolute atomic E-state index is 0.108. The molecule has 0 saturated heterocycles. The van der Waals surface area contributed by atoms with Crippen molar-refractivity contribution in [1.82, 2.24) is 36.9 Å². The quantitative estimate of drug-likeness (QED) is 0.0390. The van der Waals surface area contributed by atoms with E-state index in [1.165, 1.54) is 24.5 Å². The third-order valence-corrected chi connectivity index (χ3v) is 6.00. The molecule has 2 aromatic rings. The molecule has 15 heteroatoms. The van der Waals surface area contributed by atoms with E-state index in [-0.39, 0.29) is 12.1 Å². The molecule has 0 unspecified atom stereocenters. The Morgan fingerprint density at radius 3 is 2.13 bits per heavy atom. The highest BCUT2D eigenvalue weighted by Crippen LogP contribution is 2.18. The molecule has 0 bridgehead atoms. The van der Waals surface area contributed by atoms with Gasteiger partial charge in [-0.25, -0.2) is 20.8 Å². The number of rotatable bonds is 15. The molecule has 0 fully saturated rings. The molecule has 39 heavy (non-hydrogen) atoms. The molecule has 0 radical (unpaired) electrons. The van der Waals surface area contributed by atoms with Crippen molar-refractivity contribution < 1.29 is 19.2 Å². The molecule has 0 aliphatic carbocycles. The molecule has 2 heterocycles. The van der Waals surface area contributed by atoms with E-state index in [0.29, 0.717) is 36.3 Å². The molecule has 0 saturated carbocycles. The molecule has 0 aliphatic heterocycles. The van der Waals surface area contributed by atoms with Crippen molar-refractivity contribution in [3.63, 3.8) is 0 Å². The molecular formula is C24H34N10O4S. The highest BCUT2D eigenvalue weighted by Gasteiger charge is 2.23. The van der Waals surface area contributed by atoms with Crippen LogP contribution >= 0.6 is 12.6 Å². The number of carbonyl (C=O) groups excluding carboxylic acids is 4. The Bertz CT molecular complexity index is 1150.